The second-order valence-electron chi connectivity index (χ2n) is 6.44. The van der Waals surface area contributed by atoms with Crippen molar-refractivity contribution in [3.05, 3.63) is 29.3 Å². The smallest absolute Gasteiger partial charge is 0.240 e. The van der Waals surface area contributed by atoms with Crippen LogP contribution in [0.3, 0.4) is 0 Å². The van der Waals surface area contributed by atoms with Crippen LogP contribution in [0.2, 0.25) is 0 Å². The first-order chi connectivity index (χ1) is 10.6. The molecule has 0 amide bonds. The molecule has 0 bridgehead atoms. The Bertz CT molecular complexity index is 607. The van der Waals surface area contributed by atoms with E-state index in [-0.39, 0.29) is 0 Å². The van der Waals surface area contributed by atoms with Crippen LogP contribution in [0.5, 0.6) is 0 Å². The van der Waals surface area contributed by atoms with Crippen molar-refractivity contribution in [1.29, 1.82) is 0 Å². The van der Waals surface area contributed by atoms with Crippen molar-refractivity contribution in [3.8, 4) is 0 Å². The number of sulfonamides is 1. The monoisotopic (exact) mass is 322 g/mol. The van der Waals surface area contributed by atoms with Gasteiger partial charge in [-0.15, -0.1) is 0 Å². The van der Waals surface area contributed by atoms with Crippen molar-refractivity contribution < 1.29 is 8.42 Å². The van der Waals surface area contributed by atoms with Crippen LogP contribution >= 0.6 is 0 Å². The molecule has 3 rings (SSSR count). The lowest BCUT2D eigenvalue weighted by atomic mass is 10.1. The third-order valence-electron chi connectivity index (χ3n) is 4.77. The fourth-order valence-corrected chi connectivity index (χ4v) is 4.62. The molecule has 0 saturated carbocycles. The van der Waals surface area contributed by atoms with Crippen molar-refractivity contribution in [2.24, 2.45) is 0 Å². The molecule has 122 valence electrons. The van der Waals surface area contributed by atoms with Crippen molar-refractivity contribution in [3.63, 3.8) is 0 Å². The Kier molecular flexibility index (Phi) is 5.16. The lowest BCUT2D eigenvalue weighted by Crippen LogP contribution is -2.33. The number of fused-ring (bicyclic) bond motifs is 1. The van der Waals surface area contributed by atoms with Gasteiger partial charge in [0.15, 0.2) is 0 Å². The summed E-state index contributed by atoms with van der Waals surface area (Å²) in [5.74, 6) is 0. The summed E-state index contributed by atoms with van der Waals surface area (Å²) in [5.41, 5.74) is 2.51. The second-order valence-corrected chi connectivity index (χ2v) is 8.20. The summed E-state index contributed by atoms with van der Waals surface area (Å²) in [5, 5.41) is 0. The van der Waals surface area contributed by atoms with Crippen LogP contribution in [0.25, 0.3) is 0 Å². The van der Waals surface area contributed by atoms with Gasteiger partial charge >= 0.3 is 0 Å². The Balaban J connectivity index is 1.50. The molecule has 0 atom stereocenters. The SMILES string of the molecule is O=S(=O)(NCCCN1CCCCC1)c1ccc2c(c1)CCC2. The third kappa shape index (κ3) is 3.89. The number of hydrogen-bond donors (Lipinski definition) is 1. The van der Waals surface area contributed by atoms with E-state index in [1.165, 1.54) is 30.4 Å². The molecule has 1 heterocycles. The maximum absolute atomic E-state index is 12.4. The Morgan fingerprint density at radius 3 is 2.59 bits per heavy atom. The molecular formula is C17H26N2O2S. The van der Waals surface area contributed by atoms with E-state index in [2.05, 4.69) is 9.62 Å². The summed E-state index contributed by atoms with van der Waals surface area (Å²) in [6.45, 7) is 3.85. The van der Waals surface area contributed by atoms with Crippen LogP contribution in [0.1, 0.15) is 43.2 Å². The van der Waals surface area contributed by atoms with Gasteiger partial charge in [-0.2, -0.15) is 0 Å². The van der Waals surface area contributed by atoms with Gasteiger partial charge in [0, 0.05) is 6.54 Å². The minimum absolute atomic E-state index is 0.422. The van der Waals surface area contributed by atoms with E-state index >= 15 is 0 Å². The average Bonchev–Trinajstić information content (AvgIpc) is 3.00. The number of likely N-dealkylation sites (tertiary alicyclic amines) is 1. The number of benzene rings is 1. The number of hydrogen-bond acceptors (Lipinski definition) is 3. The fraction of sp³-hybridized carbons (Fsp3) is 0.647. The topological polar surface area (TPSA) is 49.4 Å². The predicted molar refractivity (Wildman–Crippen MR) is 88.6 cm³/mol. The zero-order chi connectivity index (χ0) is 15.4. The molecule has 0 spiro atoms. The van der Waals surface area contributed by atoms with Gasteiger partial charge in [0.25, 0.3) is 0 Å². The van der Waals surface area contributed by atoms with Crippen LogP contribution in [-0.4, -0.2) is 39.5 Å². The summed E-state index contributed by atoms with van der Waals surface area (Å²) in [6.07, 6.45) is 8.00. The van der Waals surface area contributed by atoms with Gasteiger partial charge in [0.05, 0.1) is 4.90 Å². The highest BCUT2D eigenvalue weighted by Crippen LogP contribution is 2.24. The van der Waals surface area contributed by atoms with E-state index in [0.29, 0.717) is 11.4 Å². The van der Waals surface area contributed by atoms with Crippen molar-refractivity contribution in [2.45, 2.75) is 49.8 Å². The van der Waals surface area contributed by atoms with Crippen molar-refractivity contribution in [1.82, 2.24) is 9.62 Å². The van der Waals surface area contributed by atoms with E-state index in [1.807, 2.05) is 12.1 Å². The lowest BCUT2D eigenvalue weighted by molar-refractivity contribution is 0.227. The van der Waals surface area contributed by atoms with E-state index in [9.17, 15) is 8.42 Å². The Labute approximate surface area is 134 Å². The quantitative estimate of drug-likeness (QED) is 0.818. The van der Waals surface area contributed by atoms with E-state index < -0.39 is 10.0 Å². The molecule has 1 aromatic rings. The maximum Gasteiger partial charge on any atom is 0.240 e. The third-order valence-corrected chi connectivity index (χ3v) is 6.23. The number of piperidine rings is 1. The van der Waals surface area contributed by atoms with Gasteiger partial charge in [0.2, 0.25) is 10.0 Å². The molecule has 4 nitrogen and oxygen atoms in total. The average molecular weight is 322 g/mol. The van der Waals surface area contributed by atoms with Gasteiger partial charge in [-0.25, -0.2) is 13.1 Å². The molecule has 0 unspecified atom stereocenters. The zero-order valence-electron chi connectivity index (χ0n) is 13.2. The molecule has 1 saturated heterocycles. The normalized spacial score (nSPS) is 19.3. The van der Waals surface area contributed by atoms with Gasteiger partial charge < -0.3 is 4.90 Å². The molecule has 5 heteroatoms. The largest absolute Gasteiger partial charge is 0.303 e. The van der Waals surface area contributed by atoms with Gasteiger partial charge in [0.1, 0.15) is 0 Å². The van der Waals surface area contributed by atoms with Crippen LogP contribution < -0.4 is 4.72 Å². The standard InChI is InChI=1S/C17H26N2O2S/c20-22(21,17-9-8-15-6-4-7-16(15)14-17)18-10-5-13-19-11-2-1-3-12-19/h8-9,14,18H,1-7,10-13H2. The first-order valence-electron chi connectivity index (χ1n) is 8.49. The van der Waals surface area contributed by atoms with E-state index in [0.717, 1.165) is 45.3 Å². The summed E-state index contributed by atoms with van der Waals surface area (Å²) in [6, 6.07) is 5.58. The molecule has 1 aromatic carbocycles. The van der Waals surface area contributed by atoms with Gasteiger partial charge in [-0.1, -0.05) is 12.5 Å². The zero-order valence-corrected chi connectivity index (χ0v) is 14.0. The second kappa shape index (κ2) is 7.11. The Hall–Kier alpha value is -0.910. The molecule has 2 aliphatic rings. The molecule has 0 aromatic heterocycles. The predicted octanol–water partition coefficient (Wildman–Crippen LogP) is 2.33. The number of rotatable bonds is 6. The lowest BCUT2D eigenvalue weighted by Gasteiger charge is -2.26. The summed E-state index contributed by atoms with van der Waals surface area (Å²) in [4.78, 5) is 2.86. The number of nitrogens with zero attached hydrogens (tertiary/aromatic N) is 1. The highest BCUT2D eigenvalue weighted by molar-refractivity contribution is 7.89. The fourth-order valence-electron chi connectivity index (χ4n) is 3.49. The molecule has 1 aliphatic carbocycles. The van der Waals surface area contributed by atoms with Crippen molar-refractivity contribution >= 4 is 10.0 Å². The molecule has 1 aliphatic heterocycles. The highest BCUT2D eigenvalue weighted by Gasteiger charge is 2.18. The van der Waals surface area contributed by atoms with Crippen LogP contribution in [-0.2, 0) is 22.9 Å². The first-order valence-corrected chi connectivity index (χ1v) is 9.97. The highest BCUT2D eigenvalue weighted by atomic mass is 32.2. The minimum Gasteiger partial charge on any atom is -0.303 e. The summed E-state index contributed by atoms with van der Waals surface area (Å²) >= 11 is 0. The molecule has 1 fully saturated rings. The van der Waals surface area contributed by atoms with Gasteiger partial charge in [-0.05, 0) is 81.4 Å². The summed E-state index contributed by atoms with van der Waals surface area (Å²) in [7, 11) is -3.35. The van der Waals surface area contributed by atoms with Crippen LogP contribution in [0.15, 0.2) is 23.1 Å². The Morgan fingerprint density at radius 2 is 1.77 bits per heavy atom. The summed E-state index contributed by atoms with van der Waals surface area (Å²) < 4.78 is 27.5. The maximum atomic E-state index is 12.4. The van der Waals surface area contributed by atoms with Crippen molar-refractivity contribution in [2.75, 3.05) is 26.2 Å². The van der Waals surface area contributed by atoms with Gasteiger partial charge in [-0.3, -0.25) is 0 Å². The molecule has 1 N–H and O–H groups in total. The number of nitrogens with one attached hydrogen (secondary N) is 1. The number of aryl methyl sites for hydroxylation is 2. The molecule has 22 heavy (non-hydrogen) atoms. The first kappa shape index (κ1) is 16.0. The van der Waals surface area contributed by atoms with E-state index in [1.54, 1.807) is 6.07 Å². The Morgan fingerprint density at radius 1 is 1.00 bits per heavy atom. The van der Waals surface area contributed by atoms with Crippen LogP contribution in [0, 0.1) is 0 Å². The van der Waals surface area contributed by atoms with Crippen LogP contribution in [0.4, 0.5) is 0 Å². The molecular weight excluding hydrogens is 296 g/mol. The molecule has 0 radical (unpaired) electrons. The minimum atomic E-state index is -3.35. The van der Waals surface area contributed by atoms with E-state index in [4.69, 9.17) is 0 Å².